The first-order valence-corrected chi connectivity index (χ1v) is 8.82. The summed E-state index contributed by atoms with van der Waals surface area (Å²) in [6.45, 7) is 5.52. The van der Waals surface area contributed by atoms with Crippen LogP contribution in [0.2, 0.25) is 0 Å². The minimum absolute atomic E-state index is 0.0123. The molecule has 0 saturated heterocycles. The number of benzene rings is 1. The van der Waals surface area contributed by atoms with E-state index in [1.54, 1.807) is 23.1 Å². The van der Waals surface area contributed by atoms with Gasteiger partial charge >= 0.3 is 0 Å². The average molecular weight is 312 g/mol. The fraction of sp³-hybridized carbons (Fsp3) is 0.533. The summed E-state index contributed by atoms with van der Waals surface area (Å²) >= 11 is 0. The van der Waals surface area contributed by atoms with E-state index in [-0.39, 0.29) is 23.8 Å². The molecule has 21 heavy (non-hydrogen) atoms. The van der Waals surface area contributed by atoms with Gasteiger partial charge in [0.05, 0.1) is 4.90 Å². The second-order valence-corrected chi connectivity index (χ2v) is 6.55. The fourth-order valence-corrected chi connectivity index (χ4v) is 2.99. The van der Waals surface area contributed by atoms with Gasteiger partial charge in [0.15, 0.2) is 0 Å². The van der Waals surface area contributed by atoms with Gasteiger partial charge < -0.3 is 4.90 Å². The van der Waals surface area contributed by atoms with Crippen molar-refractivity contribution < 1.29 is 13.2 Å². The van der Waals surface area contributed by atoms with Crippen molar-refractivity contribution in [3.05, 3.63) is 30.3 Å². The SMILES string of the molecule is CCCCN(CC)C(=O)CCNS(=O)(=O)c1ccccc1. The lowest BCUT2D eigenvalue weighted by Crippen LogP contribution is -2.35. The maximum absolute atomic E-state index is 12.0. The highest BCUT2D eigenvalue weighted by atomic mass is 32.2. The zero-order chi connectivity index (χ0) is 15.7. The van der Waals surface area contributed by atoms with Crippen molar-refractivity contribution in [2.24, 2.45) is 0 Å². The summed E-state index contributed by atoms with van der Waals surface area (Å²) in [5.41, 5.74) is 0. The van der Waals surface area contributed by atoms with Gasteiger partial charge in [0.1, 0.15) is 0 Å². The van der Waals surface area contributed by atoms with Crippen LogP contribution in [0.15, 0.2) is 35.2 Å². The Labute approximate surface area is 127 Å². The van der Waals surface area contributed by atoms with Crippen molar-refractivity contribution in [1.29, 1.82) is 0 Å². The number of sulfonamides is 1. The van der Waals surface area contributed by atoms with Crippen LogP contribution < -0.4 is 4.72 Å². The van der Waals surface area contributed by atoms with Crippen molar-refractivity contribution in [3.8, 4) is 0 Å². The van der Waals surface area contributed by atoms with E-state index in [2.05, 4.69) is 11.6 Å². The predicted molar refractivity (Wildman–Crippen MR) is 83.4 cm³/mol. The molecular weight excluding hydrogens is 288 g/mol. The summed E-state index contributed by atoms with van der Waals surface area (Å²) in [7, 11) is -3.53. The van der Waals surface area contributed by atoms with Gasteiger partial charge in [-0.1, -0.05) is 31.5 Å². The normalized spacial score (nSPS) is 11.3. The highest BCUT2D eigenvalue weighted by molar-refractivity contribution is 7.89. The summed E-state index contributed by atoms with van der Waals surface area (Å²) in [6.07, 6.45) is 2.18. The van der Waals surface area contributed by atoms with Crippen molar-refractivity contribution in [2.75, 3.05) is 19.6 Å². The molecular formula is C15H24N2O3S. The number of carbonyl (C=O) groups excluding carboxylic acids is 1. The third-order valence-electron chi connectivity index (χ3n) is 3.20. The van der Waals surface area contributed by atoms with Gasteiger partial charge in [-0.2, -0.15) is 0 Å². The van der Waals surface area contributed by atoms with Gasteiger partial charge in [-0.25, -0.2) is 13.1 Å². The Bertz CT molecular complexity index is 529. The van der Waals surface area contributed by atoms with E-state index in [1.165, 1.54) is 12.1 Å². The van der Waals surface area contributed by atoms with Crippen molar-refractivity contribution in [3.63, 3.8) is 0 Å². The van der Waals surface area contributed by atoms with Crippen LogP contribution in [0.5, 0.6) is 0 Å². The second-order valence-electron chi connectivity index (χ2n) is 4.79. The summed E-state index contributed by atoms with van der Waals surface area (Å²) < 4.78 is 26.4. The molecule has 0 aromatic heterocycles. The molecule has 0 heterocycles. The van der Waals surface area contributed by atoms with Crippen LogP contribution in [0, 0.1) is 0 Å². The van der Waals surface area contributed by atoms with Gasteiger partial charge in [-0.3, -0.25) is 4.79 Å². The third-order valence-corrected chi connectivity index (χ3v) is 4.68. The van der Waals surface area contributed by atoms with Crippen LogP contribution in [0.25, 0.3) is 0 Å². The molecule has 0 radical (unpaired) electrons. The number of carbonyl (C=O) groups is 1. The van der Waals surface area contributed by atoms with Crippen LogP contribution in [-0.2, 0) is 14.8 Å². The second kappa shape index (κ2) is 8.79. The van der Waals surface area contributed by atoms with Gasteiger partial charge in [-0.15, -0.1) is 0 Å². The first-order chi connectivity index (χ1) is 10.0. The van der Waals surface area contributed by atoms with Gasteiger partial charge in [0.25, 0.3) is 0 Å². The number of nitrogens with zero attached hydrogens (tertiary/aromatic N) is 1. The zero-order valence-electron chi connectivity index (χ0n) is 12.7. The summed E-state index contributed by atoms with van der Waals surface area (Å²) in [5, 5.41) is 0. The smallest absolute Gasteiger partial charge is 0.240 e. The predicted octanol–water partition coefficient (Wildman–Crippen LogP) is 2.00. The minimum Gasteiger partial charge on any atom is -0.343 e. The first-order valence-electron chi connectivity index (χ1n) is 7.33. The quantitative estimate of drug-likeness (QED) is 0.758. The van der Waals surface area contributed by atoms with Crippen LogP contribution in [0.4, 0.5) is 0 Å². The molecule has 1 aromatic carbocycles. The Morgan fingerprint density at radius 2 is 1.86 bits per heavy atom. The molecule has 0 bridgehead atoms. The minimum atomic E-state index is -3.53. The van der Waals surface area contributed by atoms with Crippen molar-refractivity contribution >= 4 is 15.9 Å². The molecule has 5 nitrogen and oxygen atoms in total. The molecule has 118 valence electrons. The number of amides is 1. The standard InChI is InChI=1S/C15H24N2O3S/c1-3-5-13-17(4-2)15(18)11-12-16-21(19,20)14-9-7-6-8-10-14/h6-10,16H,3-5,11-13H2,1-2H3. The highest BCUT2D eigenvalue weighted by Crippen LogP contribution is 2.07. The average Bonchev–Trinajstić information content (AvgIpc) is 2.49. The Hall–Kier alpha value is -1.40. The van der Waals surface area contributed by atoms with Crippen molar-refractivity contribution in [1.82, 2.24) is 9.62 Å². The zero-order valence-corrected chi connectivity index (χ0v) is 13.5. The molecule has 0 saturated carbocycles. The van der Waals surface area contributed by atoms with Crippen LogP contribution in [0.1, 0.15) is 33.1 Å². The van der Waals surface area contributed by atoms with E-state index in [0.29, 0.717) is 6.54 Å². The molecule has 0 aliphatic heterocycles. The van der Waals surface area contributed by atoms with Gasteiger partial charge in [-0.05, 0) is 25.5 Å². The summed E-state index contributed by atoms with van der Waals surface area (Å²) in [6, 6.07) is 8.16. The lowest BCUT2D eigenvalue weighted by molar-refractivity contribution is -0.130. The largest absolute Gasteiger partial charge is 0.343 e. The maximum atomic E-state index is 12.0. The highest BCUT2D eigenvalue weighted by Gasteiger charge is 2.15. The monoisotopic (exact) mass is 312 g/mol. The molecule has 1 aromatic rings. The number of nitrogens with one attached hydrogen (secondary N) is 1. The summed E-state index contributed by atoms with van der Waals surface area (Å²) in [4.78, 5) is 14.0. The van der Waals surface area contributed by atoms with Gasteiger partial charge in [0, 0.05) is 26.1 Å². The van der Waals surface area contributed by atoms with Crippen molar-refractivity contribution in [2.45, 2.75) is 38.0 Å². The maximum Gasteiger partial charge on any atom is 0.240 e. The topological polar surface area (TPSA) is 66.5 Å². The third kappa shape index (κ3) is 5.85. The molecule has 0 spiro atoms. The number of unbranched alkanes of at least 4 members (excludes halogenated alkanes) is 1. The molecule has 0 fully saturated rings. The van der Waals surface area contributed by atoms with Crippen LogP contribution >= 0.6 is 0 Å². The lowest BCUT2D eigenvalue weighted by Gasteiger charge is -2.20. The Morgan fingerprint density at radius 1 is 1.19 bits per heavy atom. The van der Waals surface area contributed by atoms with Gasteiger partial charge in [0.2, 0.25) is 15.9 Å². The van der Waals surface area contributed by atoms with E-state index in [0.717, 1.165) is 19.4 Å². The Kier molecular flexibility index (Phi) is 7.39. The first kappa shape index (κ1) is 17.7. The van der Waals surface area contributed by atoms with Crippen LogP contribution in [0.3, 0.4) is 0 Å². The lowest BCUT2D eigenvalue weighted by atomic mass is 10.3. The number of hydrogen-bond acceptors (Lipinski definition) is 3. The molecule has 0 atom stereocenters. The Balaban J connectivity index is 2.47. The summed E-state index contributed by atoms with van der Waals surface area (Å²) in [5.74, 6) is -0.0123. The molecule has 0 unspecified atom stereocenters. The molecule has 6 heteroatoms. The molecule has 1 N–H and O–H groups in total. The Morgan fingerprint density at radius 3 is 2.43 bits per heavy atom. The van der Waals surface area contributed by atoms with Crippen LogP contribution in [-0.4, -0.2) is 38.9 Å². The van der Waals surface area contributed by atoms with E-state index >= 15 is 0 Å². The number of hydrogen-bond donors (Lipinski definition) is 1. The van der Waals surface area contributed by atoms with E-state index in [1.807, 2.05) is 6.92 Å². The van der Waals surface area contributed by atoms with E-state index in [4.69, 9.17) is 0 Å². The molecule has 1 rings (SSSR count). The van der Waals surface area contributed by atoms with E-state index in [9.17, 15) is 13.2 Å². The van der Waals surface area contributed by atoms with E-state index < -0.39 is 10.0 Å². The molecule has 1 amide bonds. The number of rotatable bonds is 9. The molecule has 0 aliphatic rings. The fourth-order valence-electron chi connectivity index (χ4n) is 1.94. The molecule has 0 aliphatic carbocycles.